The number of hydrogen-bond acceptors (Lipinski definition) is 3. The molecule has 1 aromatic carbocycles. The van der Waals surface area contributed by atoms with Crippen LogP contribution in [0.2, 0.25) is 0 Å². The molecule has 1 aromatic rings. The number of hydrogen-bond donors (Lipinski definition) is 1. The molecular weight excluding hydrogens is 284 g/mol. The highest BCUT2D eigenvalue weighted by atomic mass is 79.9. The average molecular weight is 303 g/mol. The number of halogens is 1. The second kappa shape index (κ2) is 6.87. The Kier molecular flexibility index (Phi) is 5.78. The van der Waals surface area contributed by atoms with Gasteiger partial charge in [0.15, 0.2) is 0 Å². The van der Waals surface area contributed by atoms with E-state index >= 15 is 0 Å². The minimum Gasteiger partial charge on any atom is -0.495 e. The first kappa shape index (κ1) is 14.3. The highest BCUT2D eigenvalue weighted by molar-refractivity contribution is 9.10. The Labute approximate surface area is 111 Å². The molecule has 0 amide bonds. The first-order chi connectivity index (χ1) is 8.13. The molecular formula is C13H19BrO3. The summed E-state index contributed by atoms with van der Waals surface area (Å²) in [5.41, 5.74) is 1.08. The molecule has 1 unspecified atom stereocenters. The number of aliphatic hydroxyl groups excluding tert-OH is 1. The van der Waals surface area contributed by atoms with Gasteiger partial charge in [0.25, 0.3) is 0 Å². The van der Waals surface area contributed by atoms with Crippen LogP contribution < -0.4 is 9.47 Å². The van der Waals surface area contributed by atoms with Crippen LogP contribution >= 0.6 is 15.9 Å². The number of methoxy groups -OCH3 is 2. The average Bonchev–Trinajstić information content (AvgIpc) is 2.35. The lowest BCUT2D eigenvalue weighted by molar-refractivity contribution is 0.160. The van der Waals surface area contributed by atoms with Crippen LogP contribution in [0.1, 0.15) is 25.3 Å². The Hall–Kier alpha value is -0.740. The topological polar surface area (TPSA) is 38.7 Å². The molecule has 0 fully saturated rings. The van der Waals surface area contributed by atoms with E-state index in [1.807, 2.05) is 19.1 Å². The molecule has 0 spiro atoms. The Balaban J connectivity index is 2.88. The van der Waals surface area contributed by atoms with Gasteiger partial charge in [-0.25, -0.2) is 0 Å². The summed E-state index contributed by atoms with van der Waals surface area (Å²) in [6.45, 7) is 1.98. The van der Waals surface area contributed by atoms with E-state index in [0.717, 1.165) is 40.8 Å². The predicted molar refractivity (Wildman–Crippen MR) is 71.9 cm³/mol. The largest absolute Gasteiger partial charge is 0.495 e. The standard InChI is InChI=1S/C13H19BrO3/c1-4-10(15)7-5-9-6-8-11(16-2)12(14)13(9)17-3/h6,8,10,15H,4-5,7H2,1-3H3. The third-order valence-electron chi connectivity index (χ3n) is 2.79. The number of aliphatic hydroxyl groups is 1. The number of rotatable bonds is 6. The zero-order valence-corrected chi connectivity index (χ0v) is 12.1. The molecule has 1 atom stereocenters. The van der Waals surface area contributed by atoms with Crippen molar-refractivity contribution in [1.29, 1.82) is 0 Å². The van der Waals surface area contributed by atoms with E-state index in [-0.39, 0.29) is 6.10 Å². The van der Waals surface area contributed by atoms with Crippen molar-refractivity contribution in [1.82, 2.24) is 0 Å². The third-order valence-corrected chi connectivity index (χ3v) is 3.54. The highest BCUT2D eigenvalue weighted by Crippen LogP contribution is 2.37. The van der Waals surface area contributed by atoms with Crippen molar-refractivity contribution in [2.75, 3.05) is 14.2 Å². The monoisotopic (exact) mass is 302 g/mol. The third kappa shape index (κ3) is 3.61. The van der Waals surface area contributed by atoms with Crippen molar-refractivity contribution in [3.63, 3.8) is 0 Å². The molecule has 0 bridgehead atoms. The van der Waals surface area contributed by atoms with Gasteiger partial charge in [0.2, 0.25) is 0 Å². The molecule has 4 heteroatoms. The fourth-order valence-electron chi connectivity index (χ4n) is 1.68. The van der Waals surface area contributed by atoms with Gasteiger partial charge >= 0.3 is 0 Å². The zero-order chi connectivity index (χ0) is 12.8. The highest BCUT2D eigenvalue weighted by Gasteiger charge is 2.13. The fraction of sp³-hybridized carbons (Fsp3) is 0.538. The maximum Gasteiger partial charge on any atom is 0.139 e. The van der Waals surface area contributed by atoms with Gasteiger partial charge in [-0.3, -0.25) is 0 Å². The molecule has 0 aliphatic carbocycles. The van der Waals surface area contributed by atoms with Crippen LogP contribution in [-0.2, 0) is 6.42 Å². The van der Waals surface area contributed by atoms with Gasteiger partial charge in [-0.2, -0.15) is 0 Å². The van der Waals surface area contributed by atoms with E-state index in [1.54, 1.807) is 14.2 Å². The molecule has 1 N–H and O–H groups in total. The maximum atomic E-state index is 9.58. The molecule has 0 saturated carbocycles. The molecule has 0 radical (unpaired) electrons. The maximum absolute atomic E-state index is 9.58. The lowest BCUT2D eigenvalue weighted by Gasteiger charge is -2.14. The first-order valence-electron chi connectivity index (χ1n) is 5.71. The molecule has 3 nitrogen and oxygen atoms in total. The number of ether oxygens (including phenoxy) is 2. The fourth-order valence-corrected chi connectivity index (χ4v) is 2.39. The summed E-state index contributed by atoms with van der Waals surface area (Å²) in [6.07, 6.45) is 2.06. The first-order valence-corrected chi connectivity index (χ1v) is 6.50. The molecule has 0 aromatic heterocycles. The van der Waals surface area contributed by atoms with Crippen LogP contribution in [0.5, 0.6) is 11.5 Å². The number of benzene rings is 1. The van der Waals surface area contributed by atoms with Gasteiger partial charge < -0.3 is 14.6 Å². The minimum absolute atomic E-state index is 0.249. The zero-order valence-electron chi connectivity index (χ0n) is 10.5. The van der Waals surface area contributed by atoms with Gasteiger partial charge in [-0.1, -0.05) is 13.0 Å². The van der Waals surface area contributed by atoms with Crippen LogP contribution in [-0.4, -0.2) is 25.4 Å². The van der Waals surface area contributed by atoms with Crippen LogP contribution in [0.4, 0.5) is 0 Å². The van der Waals surface area contributed by atoms with Crippen LogP contribution in [0, 0.1) is 0 Å². The van der Waals surface area contributed by atoms with Gasteiger partial charge in [0, 0.05) is 0 Å². The lowest BCUT2D eigenvalue weighted by Crippen LogP contribution is -2.06. The van der Waals surface area contributed by atoms with E-state index in [9.17, 15) is 5.11 Å². The summed E-state index contributed by atoms with van der Waals surface area (Å²) >= 11 is 3.46. The van der Waals surface area contributed by atoms with Gasteiger partial charge in [0.05, 0.1) is 20.3 Å². The predicted octanol–water partition coefficient (Wildman–Crippen LogP) is 3.17. The molecule has 0 aliphatic heterocycles. The summed E-state index contributed by atoms with van der Waals surface area (Å²) < 4.78 is 11.4. The molecule has 17 heavy (non-hydrogen) atoms. The summed E-state index contributed by atoms with van der Waals surface area (Å²) in [6, 6.07) is 3.88. The van der Waals surface area contributed by atoms with E-state index in [0.29, 0.717) is 0 Å². The van der Waals surface area contributed by atoms with Crippen LogP contribution in [0.15, 0.2) is 16.6 Å². The Bertz CT molecular complexity index is 366. The quantitative estimate of drug-likeness (QED) is 0.877. The minimum atomic E-state index is -0.249. The van der Waals surface area contributed by atoms with E-state index in [4.69, 9.17) is 9.47 Å². The van der Waals surface area contributed by atoms with Crippen molar-refractivity contribution < 1.29 is 14.6 Å². The van der Waals surface area contributed by atoms with Crippen molar-refractivity contribution in [2.45, 2.75) is 32.3 Å². The Morgan fingerprint density at radius 1 is 1.29 bits per heavy atom. The SMILES string of the molecule is CCC(O)CCc1ccc(OC)c(Br)c1OC. The van der Waals surface area contributed by atoms with Crippen molar-refractivity contribution in [3.8, 4) is 11.5 Å². The van der Waals surface area contributed by atoms with Crippen molar-refractivity contribution in [3.05, 3.63) is 22.2 Å². The van der Waals surface area contributed by atoms with E-state index < -0.39 is 0 Å². The van der Waals surface area contributed by atoms with Crippen LogP contribution in [0.25, 0.3) is 0 Å². The van der Waals surface area contributed by atoms with Gasteiger partial charge in [0.1, 0.15) is 16.0 Å². The Morgan fingerprint density at radius 3 is 2.53 bits per heavy atom. The summed E-state index contributed by atoms with van der Waals surface area (Å²) in [5.74, 6) is 1.54. The summed E-state index contributed by atoms with van der Waals surface area (Å²) in [5, 5.41) is 9.58. The van der Waals surface area contributed by atoms with Gasteiger partial charge in [-0.15, -0.1) is 0 Å². The molecule has 96 valence electrons. The van der Waals surface area contributed by atoms with Crippen molar-refractivity contribution in [2.24, 2.45) is 0 Å². The van der Waals surface area contributed by atoms with Crippen molar-refractivity contribution >= 4 is 15.9 Å². The smallest absolute Gasteiger partial charge is 0.139 e. The Morgan fingerprint density at radius 2 is 2.00 bits per heavy atom. The molecule has 0 saturated heterocycles. The van der Waals surface area contributed by atoms with Crippen LogP contribution in [0.3, 0.4) is 0 Å². The normalized spacial score (nSPS) is 12.3. The lowest BCUT2D eigenvalue weighted by atomic mass is 10.0. The second-order valence-corrected chi connectivity index (χ2v) is 4.67. The van der Waals surface area contributed by atoms with E-state index in [2.05, 4.69) is 15.9 Å². The number of aryl methyl sites for hydroxylation is 1. The summed E-state index contributed by atoms with van der Waals surface area (Å²) in [7, 11) is 3.26. The molecule has 0 aliphatic rings. The van der Waals surface area contributed by atoms with E-state index in [1.165, 1.54) is 0 Å². The summed E-state index contributed by atoms with van der Waals surface area (Å²) in [4.78, 5) is 0. The second-order valence-electron chi connectivity index (χ2n) is 3.87. The molecule has 0 heterocycles. The molecule has 1 rings (SSSR count). The van der Waals surface area contributed by atoms with Gasteiger partial charge in [-0.05, 0) is 46.8 Å².